The summed E-state index contributed by atoms with van der Waals surface area (Å²) in [6.07, 6.45) is 27.9. The fourth-order valence-corrected chi connectivity index (χ4v) is 24.1. The van der Waals surface area contributed by atoms with Crippen molar-refractivity contribution in [2.24, 2.45) is 40.4 Å². The lowest BCUT2D eigenvalue weighted by atomic mass is 9.48. The molecule has 1 aromatic heterocycles. The van der Waals surface area contributed by atoms with Crippen LogP contribution in [0.2, 0.25) is 0 Å². The molecule has 5 aromatic carbocycles. The first-order valence-corrected chi connectivity index (χ1v) is 36.8. The van der Waals surface area contributed by atoms with Crippen LogP contribution in [0.4, 0.5) is 0 Å². The Hall–Kier alpha value is -7.19. The molecule has 12 heteroatoms. The molecule has 8 bridgehead atoms. The second kappa shape index (κ2) is 23.7. The highest BCUT2D eigenvalue weighted by molar-refractivity contribution is 5.91. The van der Waals surface area contributed by atoms with Crippen LogP contribution in [0.5, 0.6) is 5.75 Å². The maximum Gasteiger partial charge on any atom is 0.340 e. The molecule has 4 N–H and O–H groups in total. The summed E-state index contributed by atoms with van der Waals surface area (Å²) >= 11 is 0. The Morgan fingerprint density at radius 2 is 1.56 bits per heavy atom. The summed E-state index contributed by atoms with van der Waals surface area (Å²) in [6.45, 7) is -0.159. The SMILES string of the molecule is CC(CO)=C1CC2c3ccc4cc3C(CC23CCCC3)CC23CCCC5(Oc6ccc7c(CO)c(C(CCO)COCO)c(=O)oc7c6C(OC(=O)CC6CC(c7cccc8c7CCC7CCCC9C=Cc%10ccccc%10C897)C=CC46)C5OC1=O)C2CC1c2ccccc2C=CC13. The standard InChI is InChI=1S/C85H90O12/c1-48(44-87)64-40-71-62-26-21-52-38-65(62)55(42-82(71)32-6-7-33-82)43-83-34-10-35-84(73(83)41-66-59-15-4-2-11-49(59)22-29-69(66)83)79(96-80(64)91)78(76-72(97-84)30-28-63-67(45-88)75(81(92)95-77(63)76)53(31-36-86)46-93-47-89)94-74(90)39-54-37-51(20-25-58(52)54)60-16-9-18-70-61(60)27-24-57-14-8-13-56-23-19-50-12-3-5-17-68(50)85(56,57)70/h2-5,9,11-12,15-23,25-26,28-30,38,51,53-58,66,69,71,73,78-79,86-89H,6-8,10,13-14,24,27,31-37,39-47H2,1H3. The van der Waals surface area contributed by atoms with Crippen molar-refractivity contribution < 1.29 is 53.4 Å². The lowest BCUT2D eigenvalue weighted by Crippen LogP contribution is -2.65. The van der Waals surface area contributed by atoms with Gasteiger partial charge >= 0.3 is 17.6 Å². The monoisotopic (exact) mass is 1300 g/mol. The molecule has 12 nitrogen and oxygen atoms in total. The molecule has 0 amide bonds. The smallest absolute Gasteiger partial charge is 0.340 e. The Labute approximate surface area is 567 Å². The lowest BCUT2D eigenvalue weighted by Gasteiger charge is -2.59. The molecule has 0 saturated heterocycles. The van der Waals surface area contributed by atoms with Crippen LogP contribution in [-0.2, 0) is 42.2 Å². The molecular weight excluding hydrogens is 1210 g/mol. The maximum atomic E-state index is 16.5. The van der Waals surface area contributed by atoms with E-state index >= 15 is 14.4 Å². The number of carbonyl (C=O) groups is 2. The zero-order valence-corrected chi connectivity index (χ0v) is 55.7. The third-order valence-corrected chi connectivity index (χ3v) is 27.9. The summed E-state index contributed by atoms with van der Waals surface area (Å²) in [6, 6.07) is 36.0. The number of esters is 2. The van der Waals surface area contributed by atoms with Gasteiger partial charge in [0.05, 0.1) is 25.4 Å². The van der Waals surface area contributed by atoms with Crippen molar-refractivity contribution >= 4 is 35.1 Å². The minimum Gasteiger partial charge on any atom is -0.482 e. The molecule has 3 aliphatic heterocycles. The van der Waals surface area contributed by atoms with Crippen LogP contribution in [0, 0.1) is 40.4 Å². The quantitative estimate of drug-likeness (QED) is 0.0354. The van der Waals surface area contributed by atoms with E-state index in [1.54, 1.807) is 6.07 Å². The summed E-state index contributed by atoms with van der Waals surface area (Å²) < 4.78 is 35.1. The third kappa shape index (κ3) is 9.19. The highest BCUT2D eigenvalue weighted by Gasteiger charge is 2.71. The number of rotatable bonds is 9. The molecule has 3 spiro atoms. The first-order chi connectivity index (χ1) is 47.4. The number of carbonyl (C=O) groups excluding carboxylic acids is 2. The largest absolute Gasteiger partial charge is 0.482 e. The number of aliphatic hydroxyl groups excluding tert-OH is 4. The Kier molecular flexibility index (Phi) is 15.2. The molecule has 4 heterocycles. The summed E-state index contributed by atoms with van der Waals surface area (Å²) in [7, 11) is 0. The zero-order valence-electron chi connectivity index (χ0n) is 55.7. The Bertz CT molecular complexity index is 4390. The van der Waals surface area contributed by atoms with Crippen LogP contribution in [0.15, 0.2) is 142 Å². The van der Waals surface area contributed by atoms with Crippen molar-refractivity contribution in [3.05, 3.63) is 215 Å². The van der Waals surface area contributed by atoms with E-state index < -0.39 is 60.1 Å². The topological polar surface area (TPSA) is 182 Å². The van der Waals surface area contributed by atoms with Gasteiger partial charge in [-0.15, -0.1) is 0 Å². The third-order valence-electron chi connectivity index (χ3n) is 27.9. The molecule has 9 aliphatic carbocycles. The van der Waals surface area contributed by atoms with Gasteiger partial charge in [-0.05, 0) is 234 Å². The van der Waals surface area contributed by atoms with Crippen molar-refractivity contribution in [1.82, 2.24) is 0 Å². The van der Waals surface area contributed by atoms with Crippen LogP contribution in [0.1, 0.15) is 236 Å². The molecule has 97 heavy (non-hydrogen) atoms. The number of hydrogen-bond donors (Lipinski definition) is 4. The van der Waals surface area contributed by atoms with E-state index in [-0.39, 0.29) is 113 Å². The van der Waals surface area contributed by atoms with Gasteiger partial charge in [0.1, 0.15) is 18.1 Å². The fourth-order valence-electron chi connectivity index (χ4n) is 24.1. The molecule has 16 atom stereocenters. The van der Waals surface area contributed by atoms with E-state index in [2.05, 4.69) is 121 Å². The fraction of sp³-hybridized carbons (Fsp3) is 0.494. The number of fused-ring (bicyclic) bond motifs is 13. The van der Waals surface area contributed by atoms with E-state index in [4.69, 9.17) is 23.4 Å². The summed E-state index contributed by atoms with van der Waals surface area (Å²) in [4.78, 5) is 48.0. The van der Waals surface area contributed by atoms with Gasteiger partial charge in [-0.2, -0.15) is 0 Å². The van der Waals surface area contributed by atoms with Gasteiger partial charge in [0, 0.05) is 58.6 Å². The van der Waals surface area contributed by atoms with E-state index in [1.165, 1.54) is 68.5 Å². The van der Waals surface area contributed by atoms with Crippen molar-refractivity contribution in [1.29, 1.82) is 0 Å². The van der Waals surface area contributed by atoms with Gasteiger partial charge in [-0.3, -0.25) is 4.79 Å². The second-order valence-electron chi connectivity index (χ2n) is 31.7. The van der Waals surface area contributed by atoms with Crippen LogP contribution in [0.3, 0.4) is 0 Å². The number of allylic oxidation sites excluding steroid dienone is 4. The summed E-state index contributed by atoms with van der Waals surface area (Å²) in [5, 5.41) is 43.5. The van der Waals surface area contributed by atoms with Crippen LogP contribution < -0.4 is 10.4 Å². The van der Waals surface area contributed by atoms with Crippen molar-refractivity contribution in [2.45, 2.75) is 194 Å². The van der Waals surface area contributed by atoms with E-state index in [9.17, 15) is 20.4 Å². The van der Waals surface area contributed by atoms with Crippen LogP contribution in [-0.4, -0.2) is 70.7 Å². The van der Waals surface area contributed by atoms with Crippen molar-refractivity contribution in [3.63, 3.8) is 0 Å². The normalized spacial score (nSPS) is 34.3. The van der Waals surface area contributed by atoms with Crippen molar-refractivity contribution in [3.8, 4) is 5.75 Å². The molecule has 502 valence electrons. The molecular formula is C85H90O12. The van der Waals surface area contributed by atoms with Gasteiger partial charge < -0.3 is 43.8 Å². The molecule has 4 saturated carbocycles. The van der Waals surface area contributed by atoms with E-state index in [0.717, 1.165) is 77.0 Å². The molecule has 18 rings (SSSR count). The van der Waals surface area contributed by atoms with Gasteiger partial charge in [0.25, 0.3) is 0 Å². The Morgan fingerprint density at radius 3 is 2.40 bits per heavy atom. The molecule has 4 fully saturated rings. The predicted molar refractivity (Wildman–Crippen MR) is 370 cm³/mol. The van der Waals surface area contributed by atoms with Gasteiger partial charge in [0.2, 0.25) is 0 Å². The summed E-state index contributed by atoms with van der Waals surface area (Å²) in [5.74, 6) is -0.877. The average Bonchev–Trinajstić information content (AvgIpc) is 1.64. The minimum atomic E-state index is -1.38. The van der Waals surface area contributed by atoms with E-state index in [0.29, 0.717) is 53.4 Å². The number of hydrogen-bond acceptors (Lipinski definition) is 12. The molecule has 0 radical (unpaired) electrons. The van der Waals surface area contributed by atoms with Crippen molar-refractivity contribution in [2.75, 3.05) is 26.6 Å². The number of ether oxygens (including phenoxy) is 4. The zero-order chi connectivity index (χ0) is 65.7. The first kappa shape index (κ1) is 62.1. The van der Waals surface area contributed by atoms with E-state index in [1.807, 2.05) is 13.0 Å². The molecule has 16 unspecified atom stereocenters. The molecule has 12 aliphatic rings. The number of benzene rings is 5. The predicted octanol–water partition coefficient (Wildman–Crippen LogP) is 15.4. The number of aliphatic hydroxyl groups is 4. The van der Waals surface area contributed by atoms with Gasteiger partial charge in [-0.25, -0.2) is 9.59 Å². The highest BCUT2D eigenvalue weighted by Crippen LogP contribution is 2.73. The van der Waals surface area contributed by atoms with Gasteiger partial charge in [0.15, 0.2) is 17.8 Å². The highest BCUT2D eigenvalue weighted by atomic mass is 16.6. The second-order valence-corrected chi connectivity index (χ2v) is 31.7. The average molecular weight is 1300 g/mol. The first-order valence-electron chi connectivity index (χ1n) is 36.8. The summed E-state index contributed by atoms with van der Waals surface area (Å²) in [5.41, 5.74) is 12.3. The van der Waals surface area contributed by atoms with Crippen LogP contribution in [0.25, 0.3) is 23.1 Å². The Morgan fingerprint density at radius 1 is 0.732 bits per heavy atom. The van der Waals surface area contributed by atoms with Crippen LogP contribution >= 0.6 is 0 Å². The maximum absolute atomic E-state index is 16.5. The minimum absolute atomic E-state index is 0.000111. The Balaban J connectivity index is 0.871. The van der Waals surface area contributed by atoms with Gasteiger partial charge in [-0.1, -0.05) is 141 Å². The molecule has 6 aromatic rings. The lowest BCUT2D eigenvalue weighted by molar-refractivity contribution is -0.222.